The van der Waals surface area contributed by atoms with Crippen LogP contribution in [-0.2, 0) is 0 Å². The van der Waals surface area contributed by atoms with Gasteiger partial charge in [0.1, 0.15) is 0 Å². The van der Waals surface area contributed by atoms with E-state index in [0.717, 1.165) is 0 Å². The van der Waals surface area contributed by atoms with Gasteiger partial charge in [-0.05, 0) is 45.7 Å². The summed E-state index contributed by atoms with van der Waals surface area (Å²) in [6.45, 7) is 3.47. The standard InChI is InChI=1S/C21H43N/c1-3-4-5-6-7-8-9-10-11-12-13-14-15-16-17-18-19-20-21-22-2/h12-13,22H,3-11,14-21H2,1-2H3. The molecule has 1 heteroatoms. The summed E-state index contributed by atoms with van der Waals surface area (Å²) in [7, 11) is 2.04. The third-order valence-electron chi connectivity index (χ3n) is 4.44. The monoisotopic (exact) mass is 309 g/mol. The van der Waals surface area contributed by atoms with Gasteiger partial charge in [0.15, 0.2) is 0 Å². The van der Waals surface area contributed by atoms with Gasteiger partial charge in [-0.25, -0.2) is 0 Å². The summed E-state index contributed by atoms with van der Waals surface area (Å²) in [5.41, 5.74) is 0. The van der Waals surface area contributed by atoms with Crippen LogP contribution in [-0.4, -0.2) is 13.6 Å². The Labute approximate surface area is 141 Å². The van der Waals surface area contributed by atoms with E-state index >= 15 is 0 Å². The maximum atomic E-state index is 3.21. The SMILES string of the molecule is CCCCCCCCCCC=CCCCCCCCCNC. The third kappa shape index (κ3) is 19.7. The van der Waals surface area contributed by atoms with Crippen LogP contribution >= 0.6 is 0 Å². The molecule has 0 spiro atoms. The maximum absolute atomic E-state index is 3.21. The van der Waals surface area contributed by atoms with Crippen molar-refractivity contribution in [1.29, 1.82) is 0 Å². The molecule has 0 aromatic rings. The predicted molar refractivity (Wildman–Crippen MR) is 103 cm³/mol. The lowest BCUT2D eigenvalue weighted by Crippen LogP contribution is -2.06. The molecule has 0 saturated heterocycles. The summed E-state index contributed by atoms with van der Waals surface area (Å²) in [5.74, 6) is 0. The first-order valence-corrected chi connectivity index (χ1v) is 10.2. The molecular weight excluding hydrogens is 266 g/mol. The van der Waals surface area contributed by atoms with E-state index in [1.165, 1.54) is 109 Å². The van der Waals surface area contributed by atoms with Crippen LogP contribution in [0.4, 0.5) is 0 Å². The van der Waals surface area contributed by atoms with Crippen LogP contribution in [0.25, 0.3) is 0 Å². The molecule has 1 nitrogen and oxygen atoms in total. The Morgan fingerprint density at radius 3 is 1.41 bits per heavy atom. The molecule has 0 aliphatic heterocycles. The van der Waals surface area contributed by atoms with Gasteiger partial charge in [0.2, 0.25) is 0 Å². The zero-order chi connectivity index (χ0) is 16.1. The van der Waals surface area contributed by atoms with Gasteiger partial charge >= 0.3 is 0 Å². The molecule has 0 heterocycles. The zero-order valence-electron chi connectivity index (χ0n) is 15.7. The average Bonchev–Trinajstić information content (AvgIpc) is 2.54. The number of nitrogens with one attached hydrogen (secondary N) is 1. The first-order chi connectivity index (χ1) is 10.9. The van der Waals surface area contributed by atoms with Gasteiger partial charge in [-0.15, -0.1) is 0 Å². The molecule has 0 fully saturated rings. The summed E-state index contributed by atoms with van der Waals surface area (Å²) in [6.07, 6.45) is 27.3. The summed E-state index contributed by atoms with van der Waals surface area (Å²) in [4.78, 5) is 0. The number of unbranched alkanes of at least 4 members (excludes halogenated alkanes) is 14. The molecule has 0 aliphatic carbocycles. The van der Waals surface area contributed by atoms with Crippen molar-refractivity contribution < 1.29 is 0 Å². The molecule has 0 aliphatic rings. The van der Waals surface area contributed by atoms with E-state index in [9.17, 15) is 0 Å². The molecule has 1 N–H and O–H groups in total. The van der Waals surface area contributed by atoms with Crippen molar-refractivity contribution in [2.45, 2.75) is 110 Å². The molecule has 132 valence electrons. The zero-order valence-corrected chi connectivity index (χ0v) is 15.7. The van der Waals surface area contributed by atoms with E-state index in [-0.39, 0.29) is 0 Å². The van der Waals surface area contributed by atoms with Gasteiger partial charge in [0.05, 0.1) is 0 Å². The number of rotatable bonds is 18. The summed E-state index contributed by atoms with van der Waals surface area (Å²) < 4.78 is 0. The van der Waals surface area contributed by atoms with E-state index in [1.807, 2.05) is 7.05 Å². The lowest BCUT2D eigenvalue weighted by atomic mass is 10.1. The Morgan fingerprint density at radius 1 is 0.545 bits per heavy atom. The minimum Gasteiger partial charge on any atom is -0.320 e. The van der Waals surface area contributed by atoms with Crippen LogP contribution in [0.15, 0.2) is 12.2 Å². The van der Waals surface area contributed by atoms with E-state index in [1.54, 1.807) is 0 Å². The Morgan fingerprint density at radius 2 is 0.955 bits per heavy atom. The van der Waals surface area contributed by atoms with Crippen molar-refractivity contribution in [2.75, 3.05) is 13.6 Å². The molecule has 22 heavy (non-hydrogen) atoms. The van der Waals surface area contributed by atoms with Crippen LogP contribution < -0.4 is 5.32 Å². The molecule has 0 rings (SSSR count). The van der Waals surface area contributed by atoms with Crippen molar-refractivity contribution >= 4 is 0 Å². The highest BCUT2D eigenvalue weighted by Crippen LogP contribution is 2.10. The molecule has 0 amide bonds. The lowest BCUT2D eigenvalue weighted by molar-refractivity contribution is 0.576. The molecule has 0 aromatic heterocycles. The topological polar surface area (TPSA) is 12.0 Å². The first-order valence-electron chi connectivity index (χ1n) is 10.2. The highest BCUT2D eigenvalue weighted by Gasteiger charge is 1.91. The van der Waals surface area contributed by atoms with Gasteiger partial charge in [0.25, 0.3) is 0 Å². The minimum atomic E-state index is 1.18. The highest BCUT2D eigenvalue weighted by atomic mass is 14.8. The Kier molecular flexibility index (Phi) is 20.4. The molecular formula is C21H43N. The van der Waals surface area contributed by atoms with Gasteiger partial charge in [-0.2, -0.15) is 0 Å². The second-order valence-electron chi connectivity index (χ2n) is 6.75. The van der Waals surface area contributed by atoms with Crippen LogP contribution in [0.2, 0.25) is 0 Å². The van der Waals surface area contributed by atoms with Crippen molar-refractivity contribution in [3.63, 3.8) is 0 Å². The van der Waals surface area contributed by atoms with E-state index < -0.39 is 0 Å². The summed E-state index contributed by atoms with van der Waals surface area (Å²) in [6, 6.07) is 0. The van der Waals surface area contributed by atoms with Crippen molar-refractivity contribution in [2.24, 2.45) is 0 Å². The molecule has 0 saturated carbocycles. The number of allylic oxidation sites excluding steroid dienone is 2. The maximum Gasteiger partial charge on any atom is -0.00519 e. The number of hydrogen-bond donors (Lipinski definition) is 1. The third-order valence-corrected chi connectivity index (χ3v) is 4.44. The van der Waals surface area contributed by atoms with Crippen LogP contribution in [0, 0.1) is 0 Å². The normalized spacial score (nSPS) is 11.5. The minimum absolute atomic E-state index is 1.18. The van der Waals surface area contributed by atoms with Gasteiger partial charge in [0, 0.05) is 0 Å². The van der Waals surface area contributed by atoms with E-state index in [4.69, 9.17) is 0 Å². The molecule has 0 bridgehead atoms. The Balaban J connectivity index is 3.03. The quantitative estimate of drug-likeness (QED) is 0.212. The molecule has 0 atom stereocenters. The fourth-order valence-corrected chi connectivity index (χ4v) is 2.90. The molecule has 0 radical (unpaired) electrons. The van der Waals surface area contributed by atoms with Crippen molar-refractivity contribution in [3.05, 3.63) is 12.2 Å². The van der Waals surface area contributed by atoms with Crippen LogP contribution in [0.5, 0.6) is 0 Å². The van der Waals surface area contributed by atoms with Crippen LogP contribution in [0.3, 0.4) is 0 Å². The molecule has 0 aromatic carbocycles. The largest absolute Gasteiger partial charge is 0.320 e. The highest BCUT2D eigenvalue weighted by molar-refractivity contribution is 4.81. The van der Waals surface area contributed by atoms with Crippen molar-refractivity contribution in [3.8, 4) is 0 Å². The first kappa shape index (κ1) is 21.7. The number of hydrogen-bond acceptors (Lipinski definition) is 1. The second-order valence-corrected chi connectivity index (χ2v) is 6.75. The fourth-order valence-electron chi connectivity index (χ4n) is 2.90. The average molecular weight is 310 g/mol. The smallest absolute Gasteiger partial charge is 0.00519 e. The van der Waals surface area contributed by atoms with E-state index in [0.29, 0.717) is 0 Å². The summed E-state index contributed by atoms with van der Waals surface area (Å²) in [5, 5.41) is 3.21. The van der Waals surface area contributed by atoms with Gasteiger partial charge in [-0.1, -0.05) is 89.7 Å². The van der Waals surface area contributed by atoms with Gasteiger partial charge in [-0.3, -0.25) is 0 Å². The Hall–Kier alpha value is -0.300. The van der Waals surface area contributed by atoms with Crippen LogP contribution in [0.1, 0.15) is 110 Å². The Bertz CT molecular complexity index is 188. The second kappa shape index (κ2) is 20.7. The predicted octanol–water partition coefficient (Wildman–Crippen LogP) is 7.02. The van der Waals surface area contributed by atoms with Crippen molar-refractivity contribution in [1.82, 2.24) is 5.32 Å². The lowest BCUT2D eigenvalue weighted by Gasteiger charge is -2.01. The van der Waals surface area contributed by atoms with Gasteiger partial charge < -0.3 is 5.32 Å². The van der Waals surface area contributed by atoms with E-state index in [2.05, 4.69) is 24.4 Å². The fraction of sp³-hybridized carbons (Fsp3) is 0.905. The molecule has 0 unspecified atom stereocenters. The summed E-state index contributed by atoms with van der Waals surface area (Å²) >= 11 is 0.